The number of thiazole rings is 1. The Morgan fingerprint density at radius 3 is 2.63 bits per heavy atom. The minimum absolute atomic E-state index is 0.0392. The molecule has 0 saturated heterocycles. The number of carbonyl (C=O) groups excluding carboxylic acids is 1. The van der Waals surface area contributed by atoms with E-state index in [9.17, 15) is 9.59 Å². The summed E-state index contributed by atoms with van der Waals surface area (Å²) < 4.78 is 14.2. The maximum atomic E-state index is 13.8. The number of ether oxygens (including phenoxy) is 2. The molecule has 8 heteroatoms. The molecule has 2 aromatic carbocycles. The molecule has 182 valence electrons. The third kappa shape index (κ3) is 5.04. The highest BCUT2D eigenvalue weighted by atomic mass is 79.9. The minimum atomic E-state index is -0.615. The highest BCUT2D eigenvalue weighted by Gasteiger charge is 2.33. The van der Waals surface area contributed by atoms with Crippen molar-refractivity contribution in [3.8, 4) is 5.75 Å². The molecule has 0 amide bonds. The van der Waals surface area contributed by atoms with Gasteiger partial charge in [-0.15, -0.1) is 0 Å². The number of hydrogen-bond donors (Lipinski definition) is 0. The van der Waals surface area contributed by atoms with Gasteiger partial charge >= 0.3 is 5.97 Å². The molecule has 6 nitrogen and oxygen atoms in total. The van der Waals surface area contributed by atoms with Crippen molar-refractivity contribution >= 4 is 39.3 Å². The summed E-state index contributed by atoms with van der Waals surface area (Å²) >= 11 is 4.83. The van der Waals surface area contributed by atoms with E-state index < -0.39 is 12.0 Å². The first-order valence-corrected chi connectivity index (χ1v) is 13.1. The maximum Gasteiger partial charge on any atom is 0.338 e. The van der Waals surface area contributed by atoms with Crippen LogP contribution in [0.15, 0.2) is 74.1 Å². The number of halogens is 1. The van der Waals surface area contributed by atoms with Crippen LogP contribution in [0.25, 0.3) is 6.08 Å². The van der Waals surface area contributed by atoms with Crippen molar-refractivity contribution < 1.29 is 14.3 Å². The van der Waals surface area contributed by atoms with E-state index in [1.54, 1.807) is 4.57 Å². The highest BCUT2D eigenvalue weighted by Crippen LogP contribution is 2.32. The average Bonchev–Trinajstić information content (AvgIpc) is 3.18. The predicted octanol–water partition coefficient (Wildman–Crippen LogP) is 4.74. The van der Waals surface area contributed by atoms with Gasteiger partial charge in [0.25, 0.3) is 5.56 Å². The van der Waals surface area contributed by atoms with Crippen LogP contribution in [0.4, 0.5) is 0 Å². The third-order valence-corrected chi connectivity index (χ3v) is 7.40. The quantitative estimate of drug-likeness (QED) is 0.395. The highest BCUT2D eigenvalue weighted by molar-refractivity contribution is 9.10. The first-order chi connectivity index (χ1) is 16.9. The van der Waals surface area contributed by atoms with Gasteiger partial charge in [-0.1, -0.05) is 71.4 Å². The van der Waals surface area contributed by atoms with Crippen LogP contribution in [0.3, 0.4) is 0 Å². The van der Waals surface area contributed by atoms with Crippen LogP contribution >= 0.6 is 27.3 Å². The zero-order chi connectivity index (χ0) is 25.1. The van der Waals surface area contributed by atoms with Crippen LogP contribution in [0.1, 0.15) is 50.8 Å². The van der Waals surface area contributed by atoms with Gasteiger partial charge in [0, 0.05) is 10.0 Å². The lowest BCUT2D eigenvalue weighted by molar-refractivity contribution is -0.136. The molecular formula is C27H27BrN2O4S. The molecule has 1 aromatic heterocycles. The Balaban J connectivity index is 1.96. The van der Waals surface area contributed by atoms with Crippen molar-refractivity contribution in [2.75, 3.05) is 7.11 Å². The molecule has 4 rings (SSSR count). The van der Waals surface area contributed by atoms with Crippen LogP contribution in [-0.2, 0) is 9.53 Å². The maximum absolute atomic E-state index is 13.8. The number of carbonyl (C=O) groups is 1. The van der Waals surface area contributed by atoms with E-state index in [0.29, 0.717) is 32.8 Å². The molecule has 1 aliphatic heterocycles. The van der Waals surface area contributed by atoms with Crippen LogP contribution in [0.5, 0.6) is 5.75 Å². The van der Waals surface area contributed by atoms with E-state index in [0.717, 1.165) is 22.0 Å². The topological polar surface area (TPSA) is 69.9 Å². The fourth-order valence-electron chi connectivity index (χ4n) is 4.00. The summed E-state index contributed by atoms with van der Waals surface area (Å²) in [5.74, 6) is 0.224. The van der Waals surface area contributed by atoms with Gasteiger partial charge in [-0.25, -0.2) is 9.79 Å². The predicted molar refractivity (Wildman–Crippen MR) is 141 cm³/mol. The first kappa shape index (κ1) is 25.1. The summed E-state index contributed by atoms with van der Waals surface area (Å²) in [6, 6.07) is 14.7. The average molecular weight is 555 g/mol. The summed E-state index contributed by atoms with van der Waals surface area (Å²) in [5, 5.41) is 0. The molecule has 0 radical (unpaired) electrons. The summed E-state index contributed by atoms with van der Waals surface area (Å²) in [6.45, 7) is 6.02. The number of methoxy groups -OCH3 is 1. The SMILES string of the molecule is CCC1=C(C(=O)OC)[C@@H](c2ccccc2)n2c(s/c(=C/c3cc(Br)ccc3O[C@H](C)CC)c2=O)=N1. The smallest absolute Gasteiger partial charge is 0.338 e. The van der Waals surface area contributed by atoms with E-state index in [4.69, 9.17) is 14.5 Å². The van der Waals surface area contributed by atoms with E-state index in [1.807, 2.05) is 68.5 Å². The number of esters is 1. The molecule has 0 bridgehead atoms. The summed E-state index contributed by atoms with van der Waals surface area (Å²) in [5.41, 5.74) is 2.42. The molecule has 2 atom stereocenters. The van der Waals surface area contributed by atoms with Crippen LogP contribution < -0.4 is 19.6 Å². The van der Waals surface area contributed by atoms with E-state index in [2.05, 4.69) is 22.9 Å². The van der Waals surface area contributed by atoms with Crippen LogP contribution in [0.2, 0.25) is 0 Å². The zero-order valence-corrected chi connectivity index (χ0v) is 22.5. The molecular weight excluding hydrogens is 528 g/mol. The third-order valence-electron chi connectivity index (χ3n) is 5.93. The monoisotopic (exact) mass is 554 g/mol. The number of nitrogens with zero attached hydrogens (tertiary/aromatic N) is 2. The van der Waals surface area contributed by atoms with Crippen molar-refractivity contribution in [2.24, 2.45) is 4.99 Å². The Kier molecular flexibility index (Phi) is 7.72. The second kappa shape index (κ2) is 10.7. The Morgan fingerprint density at radius 2 is 1.97 bits per heavy atom. The number of aromatic nitrogens is 1. The van der Waals surface area contributed by atoms with Gasteiger partial charge < -0.3 is 9.47 Å². The van der Waals surface area contributed by atoms with Crippen molar-refractivity contribution in [2.45, 2.75) is 45.8 Å². The van der Waals surface area contributed by atoms with Gasteiger partial charge in [0.2, 0.25) is 0 Å². The van der Waals surface area contributed by atoms with Gasteiger partial charge in [0.05, 0.1) is 35.1 Å². The lowest BCUT2D eigenvalue weighted by Gasteiger charge is -2.25. The Morgan fingerprint density at radius 1 is 1.23 bits per heavy atom. The molecule has 3 aromatic rings. The van der Waals surface area contributed by atoms with Crippen LogP contribution in [0, 0.1) is 0 Å². The largest absolute Gasteiger partial charge is 0.490 e. The number of allylic oxidation sites excluding steroid dienone is 1. The molecule has 0 aliphatic carbocycles. The summed E-state index contributed by atoms with van der Waals surface area (Å²) in [4.78, 5) is 31.9. The first-order valence-electron chi connectivity index (χ1n) is 11.5. The standard InChI is InChI=1S/C27H27BrN2O4S/c1-5-16(3)34-21-13-12-19(28)14-18(21)15-22-25(31)30-24(17-10-8-7-9-11-17)23(26(32)33-4)20(6-2)29-27(30)35-22/h7-16,24H,5-6H2,1-4H3/b22-15+/t16-,24-/m1/s1. The second-order valence-corrected chi connectivity index (χ2v) is 10.1. The van der Waals surface area contributed by atoms with Crippen molar-refractivity contribution in [1.29, 1.82) is 0 Å². The molecule has 0 N–H and O–H groups in total. The molecule has 2 heterocycles. The number of fused-ring (bicyclic) bond motifs is 1. The van der Waals surface area contributed by atoms with Crippen molar-refractivity contribution in [3.63, 3.8) is 0 Å². The Bertz CT molecular complexity index is 1460. The summed E-state index contributed by atoms with van der Waals surface area (Å²) in [7, 11) is 1.35. The van der Waals surface area contributed by atoms with E-state index in [1.165, 1.54) is 18.4 Å². The van der Waals surface area contributed by atoms with Crippen LogP contribution in [-0.4, -0.2) is 23.8 Å². The van der Waals surface area contributed by atoms with Gasteiger partial charge in [-0.05, 0) is 49.6 Å². The molecule has 0 spiro atoms. The molecule has 0 unspecified atom stereocenters. The fourth-order valence-corrected chi connectivity index (χ4v) is 5.39. The Hall–Kier alpha value is -2.97. The fraction of sp³-hybridized carbons (Fsp3) is 0.296. The van der Waals surface area contributed by atoms with Gasteiger partial charge in [-0.2, -0.15) is 0 Å². The van der Waals surface area contributed by atoms with Gasteiger partial charge in [-0.3, -0.25) is 9.36 Å². The van der Waals surface area contributed by atoms with Gasteiger partial charge in [0.15, 0.2) is 4.80 Å². The molecule has 1 aliphatic rings. The van der Waals surface area contributed by atoms with Gasteiger partial charge in [0.1, 0.15) is 5.75 Å². The lowest BCUT2D eigenvalue weighted by Crippen LogP contribution is -2.40. The number of hydrogen-bond acceptors (Lipinski definition) is 6. The molecule has 0 fully saturated rings. The van der Waals surface area contributed by atoms with E-state index in [-0.39, 0.29) is 11.7 Å². The zero-order valence-electron chi connectivity index (χ0n) is 20.1. The normalized spacial score (nSPS) is 16.5. The second-order valence-electron chi connectivity index (χ2n) is 8.22. The van der Waals surface area contributed by atoms with Crippen molar-refractivity contribution in [3.05, 3.63) is 95.1 Å². The molecule has 0 saturated carbocycles. The van der Waals surface area contributed by atoms with E-state index >= 15 is 0 Å². The minimum Gasteiger partial charge on any atom is -0.490 e. The van der Waals surface area contributed by atoms with Crippen molar-refractivity contribution in [1.82, 2.24) is 4.57 Å². The lowest BCUT2D eigenvalue weighted by atomic mass is 9.95. The summed E-state index contributed by atoms with van der Waals surface area (Å²) in [6.07, 6.45) is 3.28. The molecule has 35 heavy (non-hydrogen) atoms. The number of benzene rings is 2. The Labute approximate surface area is 216 Å². The number of rotatable bonds is 7.